The second-order valence-corrected chi connectivity index (χ2v) is 8.72. The van der Waals surface area contributed by atoms with E-state index in [0.29, 0.717) is 18.7 Å². The molecule has 1 heterocycles. The molecule has 1 fully saturated rings. The molecular formula is C23H26BrNO3. The highest BCUT2D eigenvalue weighted by Gasteiger charge is 2.28. The summed E-state index contributed by atoms with van der Waals surface area (Å²) in [6.07, 6.45) is 4.92. The number of carbonyl (C=O) groups excluding carboxylic acids is 1. The average Bonchev–Trinajstić information content (AvgIpc) is 3.35. The predicted octanol–water partition coefficient (Wildman–Crippen LogP) is 4.77. The third kappa shape index (κ3) is 3.96. The van der Waals surface area contributed by atoms with Crippen molar-refractivity contribution in [2.24, 2.45) is 0 Å². The maximum atomic E-state index is 13.4. The Kier molecular flexibility index (Phi) is 5.74. The zero-order valence-corrected chi connectivity index (χ0v) is 17.8. The number of ether oxygens (including phenoxy) is 1. The average molecular weight is 444 g/mol. The summed E-state index contributed by atoms with van der Waals surface area (Å²) in [6.45, 7) is 3.82. The van der Waals surface area contributed by atoms with Crippen LogP contribution in [0.1, 0.15) is 51.9 Å². The SMILES string of the molecule is Cc1ccc(CN(CC2CCCO2)C(=O)c2ccc3c(c2O)CCC3)c(Br)c1. The second kappa shape index (κ2) is 8.26. The molecule has 0 aromatic heterocycles. The Morgan fingerprint density at radius 2 is 2.11 bits per heavy atom. The smallest absolute Gasteiger partial charge is 0.258 e. The first kappa shape index (κ1) is 19.5. The molecule has 0 radical (unpaired) electrons. The molecule has 0 spiro atoms. The third-order valence-corrected chi connectivity index (χ3v) is 6.53. The predicted molar refractivity (Wildman–Crippen MR) is 113 cm³/mol. The second-order valence-electron chi connectivity index (χ2n) is 7.87. The van der Waals surface area contributed by atoms with Gasteiger partial charge in [-0.15, -0.1) is 0 Å². The van der Waals surface area contributed by atoms with Gasteiger partial charge >= 0.3 is 0 Å². The summed E-state index contributed by atoms with van der Waals surface area (Å²) in [4.78, 5) is 15.3. The number of hydrogen-bond acceptors (Lipinski definition) is 3. The molecule has 1 aliphatic carbocycles. The van der Waals surface area contributed by atoms with E-state index in [9.17, 15) is 9.90 Å². The number of phenolic OH excluding ortho intramolecular Hbond substituents is 1. The quantitative estimate of drug-likeness (QED) is 0.723. The van der Waals surface area contributed by atoms with Gasteiger partial charge in [-0.3, -0.25) is 4.79 Å². The molecule has 0 bridgehead atoms. The van der Waals surface area contributed by atoms with Crippen molar-refractivity contribution >= 4 is 21.8 Å². The van der Waals surface area contributed by atoms with Crippen LogP contribution < -0.4 is 0 Å². The Morgan fingerprint density at radius 1 is 1.25 bits per heavy atom. The number of phenols is 1. The molecule has 4 nitrogen and oxygen atoms in total. The van der Waals surface area contributed by atoms with Gasteiger partial charge in [-0.2, -0.15) is 0 Å². The lowest BCUT2D eigenvalue weighted by atomic mass is 10.0. The van der Waals surface area contributed by atoms with Crippen LogP contribution >= 0.6 is 15.9 Å². The van der Waals surface area contributed by atoms with Crippen LogP contribution in [0, 0.1) is 6.92 Å². The minimum absolute atomic E-state index is 0.0599. The molecule has 148 valence electrons. The topological polar surface area (TPSA) is 49.8 Å². The molecule has 1 saturated heterocycles. The molecule has 1 atom stereocenters. The lowest BCUT2D eigenvalue weighted by Crippen LogP contribution is -2.37. The monoisotopic (exact) mass is 443 g/mol. The van der Waals surface area contributed by atoms with Crippen LogP contribution in [0.2, 0.25) is 0 Å². The van der Waals surface area contributed by atoms with Gasteiger partial charge in [0.2, 0.25) is 0 Å². The zero-order chi connectivity index (χ0) is 19.7. The first-order chi connectivity index (χ1) is 13.5. The van der Waals surface area contributed by atoms with Gasteiger partial charge in [-0.05, 0) is 73.4 Å². The summed E-state index contributed by atoms with van der Waals surface area (Å²) in [5, 5.41) is 10.8. The molecule has 28 heavy (non-hydrogen) atoms. The molecule has 2 aromatic carbocycles. The first-order valence-corrected chi connectivity index (χ1v) is 10.8. The molecule has 1 amide bonds. The minimum atomic E-state index is -0.129. The summed E-state index contributed by atoms with van der Waals surface area (Å²) in [6, 6.07) is 9.96. The molecule has 1 N–H and O–H groups in total. The van der Waals surface area contributed by atoms with Gasteiger partial charge in [0.15, 0.2) is 0 Å². The number of nitrogens with zero attached hydrogens (tertiary/aromatic N) is 1. The van der Waals surface area contributed by atoms with E-state index in [2.05, 4.69) is 34.1 Å². The lowest BCUT2D eigenvalue weighted by molar-refractivity contribution is 0.0504. The van der Waals surface area contributed by atoms with Crippen molar-refractivity contribution in [3.05, 3.63) is 62.6 Å². The molecule has 2 aromatic rings. The van der Waals surface area contributed by atoms with E-state index in [1.165, 1.54) is 11.1 Å². The number of carbonyl (C=O) groups is 1. The number of aryl methyl sites for hydroxylation is 2. The van der Waals surface area contributed by atoms with Crippen molar-refractivity contribution in [2.75, 3.05) is 13.2 Å². The molecule has 5 heteroatoms. The summed E-state index contributed by atoms with van der Waals surface area (Å²) < 4.78 is 6.79. The third-order valence-electron chi connectivity index (χ3n) is 5.79. The zero-order valence-electron chi connectivity index (χ0n) is 16.2. The molecule has 2 aliphatic rings. The van der Waals surface area contributed by atoms with Crippen molar-refractivity contribution in [3.63, 3.8) is 0 Å². The number of benzene rings is 2. The lowest BCUT2D eigenvalue weighted by Gasteiger charge is -2.27. The van der Waals surface area contributed by atoms with Crippen LogP contribution in [0.25, 0.3) is 0 Å². The molecule has 4 rings (SSSR count). The Bertz CT molecular complexity index is 890. The van der Waals surface area contributed by atoms with Crippen molar-refractivity contribution < 1.29 is 14.6 Å². The molecular weight excluding hydrogens is 418 g/mol. The Morgan fingerprint density at radius 3 is 2.86 bits per heavy atom. The van der Waals surface area contributed by atoms with E-state index in [-0.39, 0.29) is 17.8 Å². The van der Waals surface area contributed by atoms with Crippen molar-refractivity contribution in [1.82, 2.24) is 4.90 Å². The Balaban J connectivity index is 1.63. The fourth-order valence-electron chi connectivity index (χ4n) is 4.23. The largest absolute Gasteiger partial charge is 0.507 e. The molecule has 1 unspecified atom stereocenters. The van der Waals surface area contributed by atoms with E-state index in [4.69, 9.17) is 4.74 Å². The highest BCUT2D eigenvalue weighted by atomic mass is 79.9. The van der Waals surface area contributed by atoms with Crippen LogP contribution in [0.4, 0.5) is 0 Å². The highest BCUT2D eigenvalue weighted by Crippen LogP contribution is 2.34. The molecule has 0 saturated carbocycles. The van der Waals surface area contributed by atoms with Gasteiger partial charge in [0.25, 0.3) is 5.91 Å². The summed E-state index contributed by atoms with van der Waals surface area (Å²) in [5.74, 6) is 0.0375. The van der Waals surface area contributed by atoms with Gasteiger partial charge in [0.05, 0.1) is 11.7 Å². The normalized spacial score (nSPS) is 18.3. The first-order valence-electron chi connectivity index (χ1n) is 10.0. The van der Waals surface area contributed by atoms with E-state index >= 15 is 0 Å². The summed E-state index contributed by atoms with van der Waals surface area (Å²) in [7, 11) is 0. The maximum absolute atomic E-state index is 13.4. The number of halogens is 1. The van der Waals surface area contributed by atoms with E-state index in [1.807, 2.05) is 17.9 Å². The van der Waals surface area contributed by atoms with Gasteiger partial charge in [-0.1, -0.05) is 34.1 Å². The summed E-state index contributed by atoms with van der Waals surface area (Å²) >= 11 is 3.63. The standard InChI is InChI=1S/C23H26BrNO3/c1-15-7-8-17(21(24)12-15)13-25(14-18-5-3-11-28-18)23(27)20-10-9-16-4-2-6-19(16)22(20)26/h7-10,12,18,26H,2-6,11,13-14H2,1H3. The van der Waals surface area contributed by atoms with E-state index in [1.54, 1.807) is 6.07 Å². The van der Waals surface area contributed by atoms with Gasteiger partial charge in [0, 0.05) is 24.2 Å². The fourth-order valence-corrected chi connectivity index (χ4v) is 4.85. The van der Waals surface area contributed by atoms with Gasteiger partial charge in [-0.25, -0.2) is 0 Å². The van der Waals surface area contributed by atoms with Crippen molar-refractivity contribution in [1.29, 1.82) is 0 Å². The maximum Gasteiger partial charge on any atom is 0.258 e. The van der Waals surface area contributed by atoms with Gasteiger partial charge < -0.3 is 14.7 Å². The highest BCUT2D eigenvalue weighted by molar-refractivity contribution is 9.10. The van der Waals surface area contributed by atoms with Crippen molar-refractivity contribution in [3.8, 4) is 5.75 Å². The molecule has 1 aliphatic heterocycles. The van der Waals surface area contributed by atoms with Crippen LogP contribution in [0.3, 0.4) is 0 Å². The van der Waals surface area contributed by atoms with E-state index in [0.717, 1.165) is 54.3 Å². The van der Waals surface area contributed by atoms with Crippen molar-refractivity contribution in [2.45, 2.75) is 51.7 Å². The number of rotatable bonds is 5. The number of hydrogen-bond donors (Lipinski definition) is 1. The minimum Gasteiger partial charge on any atom is -0.507 e. The van der Waals surface area contributed by atoms with Crippen LogP contribution in [0.15, 0.2) is 34.8 Å². The number of aromatic hydroxyl groups is 1. The number of fused-ring (bicyclic) bond motifs is 1. The van der Waals surface area contributed by atoms with Crippen LogP contribution in [0.5, 0.6) is 5.75 Å². The van der Waals surface area contributed by atoms with E-state index < -0.39 is 0 Å². The van der Waals surface area contributed by atoms with Crippen LogP contribution in [-0.2, 0) is 24.1 Å². The van der Waals surface area contributed by atoms with Gasteiger partial charge in [0.1, 0.15) is 5.75 Å². The fraction of sp³-hybridized carbons (Fsp3) is 0.435. The number of amides is 1. The summed E-state index contributed by atoms with van der Waals surface area (Å²) in [5.41, 5.74) is 4.74. The van der Waals surface area contributed by atoms with Crippen LogP contribution in [-0.4, -0.2) is 35.2 Å². The Labute approximate surface area is 174 Å². The Hall–Kier alpha value is -1.85.